The number of hydrogen-bond acceptors (Lipinski definition) is 4. The van der Waals surface area contributed by atoms with Gasteiger partial charge in [0.25, 0.3) is 5.56 Å². The van der Waals surface area contributed by atoms with Crippen LogP contribution in [0.1, 0.15) is 22.8 Å². The summed E-state index contributed by atoms with van der Waals surface area (Å²) in [5, 5.41) is 8.76. The van der Waals surface area contributed by atoms with Crippen LogP contribution in [0.2, 0.25) is 0 Å². The smallest absolute Gasteiger partial charge is 0.342 e. The Labute approximate surface area is 102 Å². The van der Waals surface area contributed by atoms with Gasteiger partial charge in [-0.05, 0) is 18.1 Å². The molecule has 0 aliphatic heterocycles. The molecule has 0 aromatic carbocycles. The molecule has 0 spiro atoms. The van der Waals surface area contributed by atoms with E-state index in [-0.39, 0.29) is 5.56 Å². The zero-order valence-electron chi connectivity index (χ0n) is 9.67. The van der Waals surface area contributed by atoms with Crippen LogP contribution in [-0.4, -0.2) is 26.0 Å². The number of nitrogens with zero attached hydrogens (tertiary/aromatic N) is 2. The third kappa shape index (κ3) is 2.13. The van der Waals surface area contributed by atoms with Gasteiger partial charge in [-0.3, -0.25) is 9.78 Å². The first-order chi connectivity index (χ1) is 8.63. The van der Waals surface area contributed by atoms with E-state index in [1.807, 2.05) is 6.92 Å². The molecule has 92 valence electrons. The highest BCUT2D eigenvalue weighted by Gasteiger charge is 2.12. The van der Waals surface area contributed by atoms with Gasteiger partial charge in [0, 0.05) is 24.2 Å². The number of aromatic nitrogens is 3. The molecule has 0 amide bonds. The van der Waals surface area contributed by atoms with Crippen LogP contribution in [0.4, 0.5) is 0 Å². The number of aryl methyl sites for hydroxylation is 1. The quantitative estimate of drug-likeness (QED) is 0.843. The molecule has 0 fully saturated rings. The van der Waals surface area contributed by atoms with Crippen molar-refractivity contribution in [3.8, 4) is 11.4 Å². The normalized spacial score (nSPS) is 10.3. The molecule has 6 nitrogen and oxygen atoms in total. The van der Waals surface area contributed by atoms with Crippen LogP contribution in [0, 0.1) is 0 Å². The molecule has 0 bridgehead atoms. The molecule has 0 saturated heterocycles. The number of carboxylic acid groups (broad SMARTS) is 1. The van der Waals surface area contributed by atoms with Crippen LogP contribution in [0.25, 0.3) is 11.4 Å². The van der Waals surface area contributed by atoms with Gasteiger partial charge < -0.3 is 10.1 Å². The zero-order chi connectivity index (χ0) is 13.1. The lowest BCUT2D eigenvalue weighted by atomic mass is 10.1. The summed E-state index contributed by atoms with van der Waals surface area (Å²) < 4.78 is 0. The van der Waals surface area contributed by atoms with Gasteiger partial charge in [0.2, 0.25) is 0 Å². The van der Waals surface area contributed by atoms with Gasteiger partial charge in [-0.2, -0.15) is 0 Å². The molecule has 2 aromatic rings. The summed E-state index contributed by atoms with van der Waals surface area (Å²) in [6.45, 7) is 1.96. The van der Waals surface area contributed by atoms with Crippen LogP contribution >= 0.6 is 0 Å². The molecule has 0 atom stereocenters. The van der Waals surface area contributed by atoms with E-state index in [2.05, 4.69) is 15.0 Å². The van der Waals surface area contributed by atoms with Crippen LogP contribution in [0.3, 0.4) is 0 Å². The second kappa shape index (κ2) is 4.79. The van der Waals surface area contributed by atoms with E-state index in [4.69, 9.17) is 5.11 Å². The third-order valence-electron chi connectivity index (χ3n) is 2.57. The van der Waals surface area contributed by atoms with Gasteiger partial charge in [0.1, 0.15) is 11.4 Å². The molecule has 18 heavy (non-hydrogen) atoms. The Balaban J connectivity index is 2.56. The number of nitrogens with one attached hydrogen (secondary N) is 1. The molecule has 2 N–H and O–H groups in total. The monoisotopic (exact) mass is 245 g/mol. The Bertz CT molecular complexity index is 649. The van der Waals surface area contributed by atoms with Crippen molar-refractivity contribution < 1.29 is 9.90 Å². The molecule has 2 rings (SSSR count). The summed E-state index contributed by atoms with van der Waals surface area (Å²) in [4.78, 5) is 32.7. The fourth-order valence-corrected chi connectivity index (χ4v) is 1.62. The predicted octanol–water partition coefficient (Wildman–Crippen LogP) is 1.09. The summed E-state index contributed by atoms with van der Waals surface area (Å²) in [5.41, 5.74) is 0.655. The molecule has 0 saturated carbocycles. The van der Waals surface area contributed by atoms with Crippen molar-refractivity contribution in [2.24, 2.45) is 0 Å². The number of aromatic carboxylic acids is 1. The van der Waals surface area contributed by atoms with Crippen molar-refractivity contribution in [3.63, 3.8) is 0 Å². The van der Waals surface area contributed by atoms with Crippen molar-refractivity contribution in [1.82, 2.24) is 15.0 Å². The SMILES string of the molecule is CCc1cnccc1-c1ncc(C(=O)O)c(=O)[nH]1. The number of pyridine rings is 1. The molecule has 6 heteroatoms. The Morgan fingerprint density at radius 1 is 1.44 bits per heavy atom. The minimum absolute atomic E-state index is 0.351. The number of aromatic amines is 1. The highest BCUT2D eigenvalue weighted by Crippen LogP contribution is 2.18. The number of rotatable bonds is 3. The largest absolute Gasteiger partial charge is 0.477 e. The van der Waals surface area contributed by atoms with Crippen molar-refractivity contribution in [2.75, 3.05) is 0 Å². The van der Waals surface area contributed by atoms with Crippen LogP contribution < -0.4 is 5.56 Å². The number of carboxylic acids is 1. The van der Waals surface area contributed by atoms with E-state index in [9.17, 15) is 9.59 Å². The fourth-order valence-electron chi connectivity index (χ4n) is 1.62. The summed E-state index contributed by atoms with van der Waals surface area (Å²) >= 11 is 0. The number of H-pyrrole nitrogens is 1. The molecule has 2 aromatic heterocycles. The Morgan fingerprint density at radius 2 is 2.22 bits per heavy atom. The minimum Gasteiger partial charge on any atom is -0.477 e. The lowest BCUT2D eigenvalue weighted by Crippen LogP contribution is -2.19. The molecular formula is C12H11N3O3. The average molecular weight is 245 g/mol. The fraction of sp³-hybridized carbons (Fsp3) is 0.167. The van der Waals surface area contributed by atoms with E-state index >= 15 is 0 Å². The van der Waals surface area contributed by atoms with Gasteiger partial charge in [-0.1, -0.05) is 6.92 Å². The Hall–Kier alpha value is -2.50. The van der Waals surface area contributed by atoms with Crippen molar-refractivity contribution in [3.05, 3.63) is 46.1 Å². The lowest BCUT2D eigenvalue weighted by molar-refractivity contribution is 0.0694. The summed E-state index contributed by atoms with van der Waals surface area (Å²) in [5.74, 6) is -0.940. The highest BCUT2D eigenvalue weighted by atomic mass is 16.4. The van der Waals surface area contributed by atoms with Crippen molar-refractivity contribution in [2.45, 2.75) is 13.3 Å². The Kier molecular flexibility index (Phi) is 3.18. The second-order valence-electron chi connectivity index (χ2n) is 3.67. The summed E-state index contributed by atoms with van der Waals surface area (Å²) in [6.07, 6.45) is 5.10. The maximum Gasteiger partial charge on any atom is 0.342 e. The first kappa shape index (κ1) is 12.0. The minimum atomic E-state index is -1.29. The zero-order valence-corrected chi connectivity index (χ0v) is 9.67. The number of carbonyl (C=O) groups is 1. The number of hydrogen-bond donors (Lipinski definition) is 2. The van der Waals surface area contributed by atoms with E-state index in [0.29, 0.717) is 5.82 Å². The van der Waals surface area contributed by atoms with Crippen molar-refractivity contribution >= 4 is 5.97 Å². The molecule has 0 unspecified atom stereocenters. The Morgan fingerprint density at radius 3 is 2.83 bits per heavy atom. The van der Waals surface area contributed by atoms with E-state index in [0.717, 1.165) is 23.7 Å². The highest BCUT2D eigenvalue weighted by molar-refractivity contribution is 5.86. The van der Waals surface area contributed by atoms with Crippen LogP contribution in [0.5, 0.6) is 0 Å². The standard InChI is InChI=1S/C12H11N3O3/c1-2-7-5-13-4-3-8(7)10-14-6-9(12(17)18)11(16)15-10/h3-6H,2H2,1H3,(H,17,18)(H,14,15,16). The van der Waals surface area contributed by atoms with E-state index in [1.165, 1.54) is 0 Å². The molecule has 0 radical (unpaired) electrons. The molecule has 0 aliphatic rings. The first-order valence-electron chi connectivity index (χ1n) is 5.39. The van der Waals surface area contributed by atoms with Gasteiger partial charge in [0.15, 0.2) is 0 Å². The van der Waals surface area contributed by atoms with Gasteiger partial charge in [-0.15, -0.1) is 0 Å². The maximum atomic E-state index is 11.6. The van der Waals surface area contributed by atoms with Gasteiger partial charge in [-0.25, -0.2) is 9.78 Å². The second-order valence-corrected chi connectivity index (χ2v) is 3.67. The van der Waals surface area contributed by atoms with E-state index in [1.54, 1.807) is 18.5 Å². The molecule has 0 aliphatic carbocycles. The van der Waals surface area contributed by atoms with Crippen LogP contribution in [-0.2, 0) is 6.42 Å². The lowest BCUT2D eigenvalue weighted by Gasteiger charge is -2.05. The summed E-state index contributed by atoms with van der Waals surface area (Å²) in [7, 11) is 0. The van der Waals surface area contributed by atoms with Crippen molar-refractivity contribution in [1.29, 1.82) is 0 Å². The molecular weight excluding hydrogens is 234 g/mol. The average Bonchev–Trinajstić information content (AvgIpc) is 2.38. The maximum absolute atomic E-state index is 11.6. The van der Waals surface area contributed by atoms with Crippen LogP contribution in [0.15, 0.2) is 29.5 Å². The van der Waals surface area contributed by atoms with E-state index < -0.39 is 11.5 Å². The third-order valence-corrected chi connectivity index (χ3v) is 2.57. The molecule has 2 heterocycles. The predicted molar refractivity (Wildman–Crippen MR) is 64.4 cm³/mol. The first-order valence-corrected chi connectivity index (χ1v) is 5.39. The summed E-state index contributed by atoms with van der Waals surface area (Å²) in [6, 6.07) is 1.73. The van der Waals surface area contributed by atoms with Gasteiger partial charge >= 0.3 is 5.97 Å². The topological polar surface area (TPSA) is 95.9 Å². The van der Waals surface area contributed by atoms with Gasteiger partial charge in [0.05, 0.1) is 0 Å².